The summed E-state index contributed by atoms with van der Waals surface area (Å²) in [6.07, 6.45) is 2.35. The van der Waals surface area contributed by atoms with Crippen LogP contribution in [-0.2, 0) is 16.1 Å². The van der Waals surface area contributed by atoms with Crippen molar-refractivity contribution in [3.63, 3.8) is 0 Å². The van der Waals surface area contributed by atoms with E-state index in [1.807, 2.05) is 18.2 Å². The normalized spacial score (nSPS) is 18.4. The van der Waals surface area contributed by atoms with Gasteiger partial charge in [0.15, 0.2) is 5.82 Å². The number of anilines is 2. The third-order valence-corrected chi connectivity index (χ3v) is 5.50. The van der Waals surface area contributed by atoms with Crippen molar-refractivity contribution in [2.75, 3.05) is 43.7 Å². The SMILES string of the molecule is COc1cccc(N2CC(C(=O)NCc3nc(OC)nc(N4CCCC4)n3)CC2=O)c1. The summed E-state index contributed by atoms with van der Waals surface area (Å²) in [7, 11) is 3.08. The maximum Gasteiger partial charge on any atom is 0.321 e. The van der Waals surface area contributed by atoms with Gasteiger partial charge in [0.05, 0.1) is 26.7 Å². The highest BCUT2D eigenvalue weighted by molar-refractivity contribution is 6.00. The van der Waals surface area contributed by atoms with Crippen LogP contribution in [0.3, 0.4) is 0 Å². The number of nitrogens with one attached hydrogen (secondary N) is 1. The maximum absolute atomic E-state index is 12.7. The smallest absolute Gasteiger partial charge is 0.321 e. The Bertz CT molecular complexity index is 963. The molecular formula is C21H26N6O4. The van der Waals surface area contributed by atoms with E-state index in [2.05, 4.69) is 25.2 Å². The fraction of sp³-hybridized carbons (Fsp3) is 0.476. The average Bonchev–Trinajstić information content (AvgIpc) is 3.47. The van der Waals surface area contributed by atoms with Gasteiger partial charge in [-0.3, -0.25) is 9.59 Å². The van der Waals surface area contributed by atoms with E-state index in [0.29, 0.717) is 24.1 Å². The van der Waals surface area contributed by atoms with E-state index in [0.717, 1.165) is 31.6 Å². The fourth-order valence-corrected chi connectivity index (χ4v) is 3.84. The van der Waals surface area contributed by atoms with Crippen LogP contribution in [-0.4, -0.2) is 60.6 Å². The number of ether oxygens (including phenoxy) is 2. The minimum absolute atomic E-state index is 0.0912. The Morgan fingerprint density at radius 3 is 2.71 bits per heavy atom. The predicted octanol–water partition coefficient (Wildman–Crippen LogP) is 1.16. The lowest BCUT2D eigenvalue weighted by atomic mass is 10.1. The van der Waals surface area contributed by atoms with E-state index in [9.17, 15) is 9.59 Å². The number of methoxy groups -OCH3 is 2. The second kappa shape index (κ2) is 9.15. The Balaban J connectivity index is 1.40. The van der Waals surface area contributed by atoms with Crippen molar-refractivity contribution < 1.29 is 19.1 Å². The molecule has 2 aliphatic rings. The van der Waals surface area contributed by atoms with Crippen LogP contribution in [0.4, 0.5) is 11.6 Å². The molecule has 31 heavy (non-hydrogen) atoms. The van der Waals surface area contributed by atoms with E-state index in [1.165, 1.54) is 7.11 Å². The number of carbonyl (C=O) groups excluding carboxylic acids is 2. The highest BCUT2D eigenvalue weighted by Crippen LogP contribution is 2.28. The minimum Gasteiger partial charge on any atom is -0.497 e. The van der Waals surface area contributed by atoms with Crippen molar-refractivity contribution in [2.24, 2.45) is 5.92 Å². The lowest BCUT2D eigenvalue weighted by Crippen LogP contribution is -2.33. The number of nitrogens with zero attached hydrogens (tertiary/aromatic N) is 5. The van der Waals surface area contributed by atoms with Crippen molar-refractivity contribution in [2.45, 2.75) is 25.8 Å². The molecule has 164 valence electrons. The highest BCUT2D eigenvalue weighted by Gasteiger charge is 2.35. The number of aromatic nitrogens is 3. The summed E-state index contributed by atoms with van der Waals surface area (Å²) < 4.78 is 10.4. The van der Waals surface area contributed by atoms with Crippen LogP contribution in [0.15, 0.2) is 24.3 Å². The molecule has 1 unspecified atom stereocenters. The molecule has 0 spiro atoms. The molecule has 2 aliphatic heterocycles. The lowest BCUT2D eigenvalue weighted by Gasteiger charge is -2.18. The molecule has 1 aromatic carbocycles. The minimum atomic E-state index is -0.444. The summed E-state index contributed by atoms with van der Waals surface area (Å²) in [5, 5.41) is 2.86. The standard InChI is InChI=1S/C21H26N6O4/c1-30-16-7-5-6-15(11-16)27-13-14(10-18(27)28)19(29)22-12-17-23-20(25-21(24-17)31-2)26-8-3-4-9-26/h5-7,11,14H,3-4,8-10,12-13H2,1-2H3,(H,22,29). The van der Waals surface area contributed by atoms with Gasteiger partial charge in [-0.2, -0.15) is 15.0 Å². The third kappa shape index (κ3) is 4.68. The van der Waals surface area contributed by atoms with Gasteiger partial charge in [-0.25, -0.2) is 0 Å². The number of rotatable bonds is 7. The Kier molecular flexibility index (Phi) is 6.15. The summed E-state index contributed by atoms with van der Waals surface area (Å²) in [4.78, 5) is 41.9. The highest BCUT2D eigenvalue weighted by atomic mass is 16.5. The number of hydrogen-bond acceptors (Lipinski definition) is 8. The van der Waals surface area contributed by atoms with Crippen LogP contribution >= 0.6 is 0 Å². The van der Waals surface area contributed by atoms with Crippen molar-refractivity contribution in [3.8, 4) is 11.8 Å². The lowest BCUT2D eigenvalue weighted by molar-refractivity contribution is -0.126. The first-order valence-electron chi connectivity index (χ1n) is 10.3. The van der Waals surface area contributed by atoms with Gasteiger partial charge in [0.1, 0.15) is 5.75 Å². The molecule has 2 fully saturated rings. The van der Waals surface area contributed by atoms with E-state index >= 15 is 0 Å². The molecule has 2 saturated heterocycles. The molecular weight excluding hydrogens is 400 g/mol. The molecule has 2 amide bonds. The quantitative estimate of drug-likeness (QED) is 0.702. The van der Waals surface area contributed by atoms with Crippen molar-refractivity contribution in [3.05, 3.63) is 30.1 Å². The Hall–Kier alpha value is -3.43. The topological polar surface area (TPSA) is 110 Å². The van der Waals surface area contributed by atoms with E-state index in [-0.39, 0.29) is 30.8 Å². The molecule has 0 bridgehead atoms. The number of benzene rings is 1. The van der Waals surface area contributed by atoms with Gasteiger partial charge >= 0.3 is 6.01 Å². The fourth-order valence-electron chi connectivity index (χ4n) is 3.84. The van der Waals surface area contributed by atoms with E-state index in [4.69, 9.17) is 9.47 Å². The van der Waals surface area contributed by atoms with Crippen molar-refractivity contribution in [1.29, 1.82) is 0 Å². The van der Waals surface area contributed by atoms with E-state index < -0.39 is 5.92 Å². The summed E-state index contributed by atoms with van der Waals surface area (Å²) in [5.74, 6) is 0.911. The molecule has 1 aromatic heterocycles. The number of carbonyl (C=O) groups is 2. The van der Waals surface area contributed by atoms with Gasteiger partial charge in [0, 0.05) is 37.8 Å². The zero-order valence-corrected chi connectivity index (χ0v) is 17.7. The van der Waals surface area contributed by atoms with Gasteiger partial charge in [0.2, 0.25) is 17.8 Å². The molecule has 10 nitrogen and oxygen atoms in total. The Morgan fingerprint density at radius 2 is 1.97 bits per heavy atom. The molecule has 4 rings (SSSR count). The van der Waals surface area contributed by atoms with Gasteiger partial charge in [0.25, 0.3) is 0 Å². The first kappa shape index (κ1) is 20.8. The second-order valence-electron chi connectivity index (χ2n) is 7.56. The van der Waals surface area contributed by atoms with Crippen LogP contribution in [0.5, 0.6) is 11.8 Å². The third-order valence-electron chi connectivity index (χ3n) is 5.50. The Morgan fingerprint density at radius 1 is 1.16 bits per heavy atom. The maximum atomic E-state index is 12.7. The first-order chi connectivity index (χ1) is 15.1. The zero-order chi connectivity index (χ0) is 21.8. The molecule has 0 aliphatic carbocycles. The largest absolute Gasteiger partial charge is 0.497 e. The molecule has 10 heteroatoms. The molecule has 2 aromatic rings. The van der Waals surface area contributed by atoms with Crippen LogP contribution in [0.2, 0.25) is 0 Å². The Labute approximate surface area is 180 Å². The van der Waals surface area contributed by atoms with Crippen molar-refractivity contribution in [1.82, 2.24) is 20.3 Å². The number of hydrogen-bond donors (Lipinski definition) is 1. The summed E-state index contributed by atoms with van der Waals surface area (Å²) >= 11 is 0. The van der Waals surface area contributed by atoms with Crippen LogP contribution in [0, 0.1) is 5.92 Å². The molecule has 3 heterocycles. The molecule has 0 radical (unpaired) electrons. The average molecular weight is 426 g/mol. The molecule has 1 atom stereocenters. The molecule has 0 saturated carbocycles. The number of amides is 2. The molecule has 1 N–H and O–H groups in total. The zero-order valence-electron chi connectivity index (χ0n) is 17.7. The van der Waals surface area contributed by atoms with Gasteiger partial charge in [-0.1, -0.05) is 6.07 Å². The summed E-state index contributed by atoms with van der Waals surface area (Å²) in [6.45, 7) is 2.24. The van der Waals surface area contributed by atoms with E-state index in [1.54, 1.807) is 18.1 Å². The summed E-state index contributed by atoms with van der Waals surface area (Å²) in [6, 6.07) is 7.47. The van der Waals surface area contributed by atoms with Gasteiger partial charge < -0.3 is 24.6 Å². The monoisotopic (exact) mass is 426 g/mol. The predicted molar refractivity (Wildman–Crippen MR) is 113 cm³/mol. The van der Waals surface area contributed by atoms with Gasteiger partial charge in [-0.05, 0) is 25.0 Å². The van der Waals surface area contributed by atoms with Crippen molar-refractivity contribution >= 4 is 23.5 Å². The van der Waals surface area contributed by atoms with Crippen LogP contribution < -0.4 is 24.6 Å². The first-order valence-corrected chi connectivity index (χ1v) is 10.3. The summed E-state index contributed by atoms with van der Waals surface area (Å²) in [5.41, 5.74) is 0.720. The van der Waals surface area contributed by atoms with Gasteiger partial charge in [-0.15, -0.1) is 0 Å². The second-order valence-corrected chi connectivity index (χ2v) is 7.56. The van der Waals surface area contributed by atoms with Crippen LogP contribution in [0.25, 0.3) is 0 Å². The van der Waals surface area contributed by atoms with Crippen LogP contribution in [0.1, 0.15) is 25.1 Å².